The highest BCUT2D eigenvalue weighted by molar-refractivity contribution is 6.13. The van der Waals surface area contributed by atoms with Crippen molar-refractivity contribution in [1.82, 2.24) is 14.1 Å². The number of allylic oxidation sites excluding steroid dienone is 8. The van der Waals surface area contributed by atoms with Gasteiger partial charge in [-0.1, -0.05) is 194 Å². The van der Waals surface area contributed by atoms with E-state index in [1.54, 1.807) is 18.2 Å². The maximum absolute atomic E-state index is 16.4. The van der Waals surface area contributed by atoms with Crippen LogP contribution in [0.5, 0.6) is 0 Å². The minimum Gasteiger partial charge on any atom is -0.307 e. The van der Waals surface area contributed by atoms with Crippen LogP contribution in [0, 0.1) is 0 Å². The third kappa shape index (κ3) is 7.51. The second kappa shape index (κ2) is 17.4. The smallest absolute Gasteiger partial charge is 0.307 e. The summed E-state index contributed by atoms with van der Waals surface area (Å²) in [4.78, 5) is 5.02. The van der Waals surface area contributed by atoms with Crippen molar-refractivity contribution in [3.63, 3.8) is 0 Å². The maximum Gasteiger partial charge on any atom is 0.417 e. The normalized spacial score (nSPS) is 15.2. The standard InChI is InChI=1S/C66H44F3N3/c67-66(68,69)57-42-65(72-62-39-50(45-21-10-3-11-22-45)31-35-54(62)55-36-32-51(40-63(55)72)46-23-12-4-13-24-46)64(41-56(57)59-28-16-27-58(70-59)47-25-14-5-15-26-47)71-60-37-48(43-17-6-1-7-18-43)29-33-52(60)53-34-30-49(38-61(53)71)44-19-8-2-9-20-44/h1-17,19,21-42H,18,20H2. The largest absolute Gasteiger partial charge is 0.417 e. The Morgan fingerprint density at radius 1 is 0.375 bits per heavy atom. The molecule has 0 unspecified atom stereocenters. The Bertz CT molecular complexity index is 4030. The Hall–Kier alpha value is -9.00. The van der Waals surface area contributed by atoms with E-state index in [0.717, 1.165) is 106 Å². The second-order valence-corrected chi connectivity index (χ2v) is 18.5. The fourth-order valence-electron chi connectivity index (χ4n) is 10.8. The lowest BCUT2D eigenvalue weighted by Crippen LogP contribution is -2.13. The summed E-state index contributed by atoms with van der Waals surface area (Å²) in [6, 6.07) is 64.2. The monoisotopic (exact) mass is 935 g/mol. The third-order valence-electron chi connectivity index (χ3n) is 14.3. The number of fused-ring (bicyclic) bond motifs is 6. The van der Waals surface area contributed by atoms with Crippen molar-refractivity contribution in [3.05, 3.63) is 259 Å². The van der Waals surface area contributed by atoms with E-state index in [0.29, 0.717) is 17.1 Å². The van der Waals surface area contributed by atoms with Crippen molar-refractivity contribution < 1.29 is 13.2 Å². The number of hydrogen-bond acceptors (Lipinski definition) is 1. The minimum atomic E-state index is -4.77. The van der Waals surface area contributed by atoms with Crippen molar-refractivity contribution in [3.8, 4) is 56.1 Å². The van der Waals surface area contributed by atoms with Gasteiger partial charge in [0, 0.05) is 32.7 Å². The van der Waals surface area contributed by atoms with Gasteiger partial charge in [0.1, 0.15) is 0 Å². The van der Waals surface area contributed by atoms with E-state index in [9.17, 15) is 0 Å². The summed E-state index contributed by atoms with van der Waals surface area (Å²) in [6.07, 6.45) is 13.6. The molecule has 0 bridgehead atoms. The molecule has 0 N–H and O–H groups in total. The summed E-state index contributed by atoms with van der Waals surface area (Å²) >= 11 is 0. The van der Waals surface area contributed by atoms with Crippen LogP contribution in [0.1, 0.15) is 18.4 Å². The molecule has 6 heteroatoms. The lowest BCUT2D eigenvalue weighted by Gasteiger charge is -2.22. The van der Waals surface area contributed by atoms with Crippen molar-refractivity contribution >= 4 is 54.8 Å². The van der Waals surface area contributed by atoms with E-state index in [-0.39, 0.29) is 11.3 Å². The molecule has 344 valence electrons. The number of aromatic nitrogens is 3. The molecule has 0 spiro atoms. The molecule has 0 radical (unpaired) electrons. The van der Waals surface area contributed by atoms with Gasteiger partial charge >= 0.3 is 6.18 Å². The van der Waals surface area contributed by atoms with Gasteiger partial charge in [-0.15, -0.1) is 0 Å². The zero-order valence-electron chi connectivity index (χ0n) is 39.0. The molecule has 72 heavy (non-hydrogen) atoms. The predicted molar refractivity (Wildman–Crippen MR) is 292 cm³/mol. The third-order valence-corrected chi connectivity index (χ3v) is 14.3. The Morgan fingerprint density at radius 2 is 0.819 bits per heavy atom. The topological polar surface area (TPSA) is 22.8 Å². The summed E-state index contributed by atoms with van der Waals surface area (Å²) in [7, 11) is 0. The minimum absolute atomic E-state index is 0.0125. The molecule has 0 saturated carbocycles. The van der Waals surface area contributed by atoms with Gasteiger partial charge in [-0.2, -0.15) is 13.2 Å². The Balaban J connectivity index is 1.22. The molecule has 3 heterocycles. The number of nitrogens with zero attached hydrogens (tertiary/aromatic N) is 3. The Labute approximate surface area is 414 Å². The van der Waals surface area contributed by atoms with Gasteiger partial charge in [-0.25, -0.2) is 4.98 Å². The fourth-order valence-corrected chi connectivity index (χ4v) is 10.8. The SMILES string of the molecule is FC(F)(F)c1cc(-n2c3cc(-c4ccccc4)ccc3c3ccc(-c4ccccc4)cc32)c(-n2c3cc(=C4C=CC=CC4)ccc3c3ccc(=C4C=CC=CC4)cc32)cc1-c1cccc(-c2ccccc2)n1. The van der Waals surface area contributed by atoms with Crippen molar-refractivity contribution in [2.45, 2.75) is 19.0 Å². The predicted octanol–water partition coefficient (Wildman–Crippen LogP) is 16.3. The van der Waals surface area contributed by atoms with Crippen LogP contribution in [-0.4, -0.2) is 14.1 Å². The van der Waals surface area contributed by atoms with Gasteiger partial charge < -0.3 is 9.13 Å². The molecule has 8 aromatic carbocycles. The number of pyridine rings is 1. The molecule has 0 aliphatic heterocycles. The molecule has 0 atom stereocenters. The average Bonchev–Trinajstić information content (AvgIpc) is 3.94. The molecule has 0 fully saturated rings. The molecule has 3 nitrogen and oxygen atoms in total. The van der Waals surface area contributed by atoms with Crippen LogP contribution >= 0.6 is 0 Å². The summed E-state index contributed by atoms with van der Waals surface area (Å²) in [6.45, 7) is 0. The van der Waals surface area contributed by atoms with Crippen molar-refractivity contribution in [1.29, 1.82) is 0 Å². The first-order valence-electron chi connectivity index (χ1n) is 24.3. The summed E-state index contributed by atoms with van der Waals surface area (Å²) in [5.74, 6) is 0. The zero-order valence-corrected chi connectivity index (χ0v) is 39.0. The molecule has 3 aromatic heterocycles. The van der Waals surface area contributed by atoms with Gasteiger partial charge in [0.15, 0.2) is 0 Å². The highest BCUT2D eigenvalue weighted by Gasteiger charge is 2.37. The average molecular weight is 936 g/mol. The summed E-state index contributed by atoms with van der Waals surface area (Å²) in [5.41, 5.74) is 11.4. The first-order valence-corrected chi connectivity index (χ1v) is 24.3. The first kappa shape index (κ1) is 43.1. The van der Waals surface area contributed by atoms with Crippen molar-refractivity contribution in [2.24, 2.45) is 0 Å². The number of alkyl halides is 3. The second-order valence-electron chi connectivity index (χ2n) is 18.5. The molecule has 0 amide bonds. The Morgan fingerprint density at radius 3 is 1.29 bits per heavy atom. The summed E-state index contributed by atoms with van der Waals surface area (Å²) in [5, 5.41) is 5.95. The number of halogens is 3. The molecule has 0 saturated heterocycles. The van der Waals surface area contributed by atoms with E-state index in [1.807, 2.05) is 72.8 Å². The van der Waals surface area contributed by atoms with E-state index in [2.05, 4.69) is 155 Å². The number of rotatable bonds is 6. The molecule has 11 aromatic rings. The van der Waals surface area contributed by atoms with Crippen LogP contribution in [0.3, 0.4) is 0 Å². The quantitative estimate of drug-likeness (QED) is 0.163. The molecule has 2 aliphatic rings. The van der Waals surface area contributed by atoms with Crippen LogP contribution in [0.4, 0.5) is 13.2 Å². The van der Waals surface area contributed by atoms with Crippen LogP contribution < -0.4 is 10.4 Å². The van der Waals surface area contributed by atoms with Crippen LogP contribution in [-0.2, 0) is 6.18 Å². The number of benzene rings is 8. The van der Waals surface area contributed by atoms with Gasteiger partial charge in [0.05, 0.1) is 50.4 Å². The van der Waals surface area contributed by atoms with Gasteiger partial charge in [0.25, 0.3) is 0 Å². The molecule has 13 rings (SSSR count). The fraction of sp³-hybridized carbons (Fsp3) is 0.0455. The zero-order chi connectivity index (χ0) is 48.3. The number of hydrogen-bond donors (Lipinski definition) is 0. The maximum atomic E-state index is 16.4. The van der Waals surface area contributed by atoms with Crippen molar-refractivity contribution in [2.75, 3.05) is 0 Å². The van der Waals surface area contributed by atoms with E-state index < -0.39 is 11.7 Å². The van der Waals surface area contributed by atoms with E-state index in [4.69, 9.17) is 4.98 Å². The highest BCUT2D eigenvalue weighted by atomic mass is 19.4. The van der Waals surface area contributed by atoms with E-state index >= 15 is 13.2 Å². The molecular formula is C66H44F3N3. The van der Waals surface area contributed by atoms with Gasteiger partial charge in [0.2, 0.25) is 0 Å². The summed E-state index contributed by atoms with van der Waals surface area (Å²) < 4.78 is 53.5. The highest BCUT2D eigenvalue weighted by Crippen LogP contribution is 2.46. The van der Waals surface area contributed by atoms with Gasteiger partial charge in [-0.3, -0.25) is 0 Å². The lowest BCUT2D eigenvalue weighted by molar-refractivity contribution is -0.137. The Kier molecular flexibility index (Phi) is 10.4. The molecule has 2 aliphatic carbocycles. The van der Waals surface area contributed by atoms with E-state index in [1.165, 1.54) is 6.07 Å². The first-order chi connectivity index (χ1) is 35.3. The van der Waals surface area contributed by atoms with Crippen LogP contribution in [0.2, 0.25) is 0 Å². The van der Waals surface area contributed by atoms with Crippen LogP contribution in [0.15, 0.2) is 243 Å². The van der Waals surface area contributed by atoms with Crippen LogP contribution in [0.25, 0.3) is 111 Å². The molecular weight excluding hydrogens is 892 g/mol. The van der Waals surface area contributed by atoms with Gasteiger partial charge in [-0.05, 0) is 105 Å². The lowest BCUT2D eigenvalue weighted by atomic mass is 9.99.